The third kappa shape index (κ3) is 8.33. The molecule has 4 rings (SSSR count). The normalized spacial score (nSPS) is 11.7. The molecule has 0 aliphatic heterocycles. The van der Waals surface area contributed by atoms with E-state index in [2.05, 4.69) is 5.32 Å². The molecule has 0 spiro atoms. The second-order valence-corrected chi connectivity index (χ2v) is 12.8. The van der Waals surface area contributed by atoms with Crippen LogP contribution in [-0.2, 0) is 32.6 Å². The van der Waals surface area contributed by atoms with Crippen LogP contribution in [0.25, 0.3) is 0 Å². The molecule has 0 heterocycles. The predicted octanol–water partition coefficient (Wildman–Crippen LogP) is 5.19. The van der Waals surface area contributed by atoms with Gasteiger partial charge in [0.1, 0.15) is 18.3 Å². The molecule has 47 heavy (non-hydrogen) atoms. The highest BCUT2D eigenvalue weighted by molar-refractivity contribution is 7.92. The second kappa shape index (κ2) is 15.4. The molecule has 11 nitrogen and oxygen atoms in total. The first-order chi connectivity index (χ1) is 22.5. The van der Waals surface area contributed by atoms with E-state index in [9.17, 15) is 28.1 Å². The van der Waals surface area contributed by atoms with Crippen LogP contribution in [0.2, 0.25) is 0 Å². The van der Waals surface area contributed by atoms with E-state index in [1.165, 1.54) is 43.2 Å². The van der Waals surface area contributed by atoms with E-state index in [4.69, 9.17) is 4.74 Å². The van der Waals surface area contributed by atoms with Crippen molar-refractivity contribution in [1.29, 1.82) is 0 Å². The first-order valence-electron chi connectivity index (χ1n) is 15.0. The van der Waals surface area contributed by atoms with Crippen LogP contribution in [0.5, 0.6) is 5.75 Å². The number of ether oxygens (including phenoxy) is 1. The van der Waals surface area contributed by atoms with Crippen molar-refractivity contribution in [3.8, 4) is 5.75 Å². The summed E-state index contributed by atoms with van der Waals surface area (Å²) < 4.78 is 34.7. The van der Waals surface area contributed by atoms with Crippen LogP contribution in [0, 0.1) is 24.0 Å². The highest BCUT2D eigenvalue weighted by Crippen LogP contribution is 2.30. The smallest absolute Gasteiger partial charge is 0.273 e. The fourth-order valence-electron chi connectivity index (χ4n) is 5.17. The molecule has 0 saturated heterocycles. The van der Waals surface area contributed by atoms with E-state index in [0.717, 1.165) is 27.1 Å². The highest BCUT2D eigenvalue weighted by Gasteiger charge is 2.35. The number of nitrogens with zero attached hydrogens (tertiary/aromatic N) is 3. The summed E-state index contributed by atoms with van der Waals surface area (Å²) in [6.45, 7) is 4.87. The van der Waals surface area contributed by atoms with Crippen LogP contribution in [0.15, 0.2) is 102 Å². The Morgan fingerprint density at radius 3 is 2.19 bits per heavy atom. The van der Waals surface area contributed by atoms with Crippen LogP contribution in [0.4, 0.5) is 11.4 Å². The zero-order valence-corrected chi connectivity index (χ0v) is 27.6. The minimum absolute atomic E-state index is 0.0344. The van der Waals surface area contributed by atoms with Gasteiger partial charge in [0.05, 0.1) is 22.6 Å². The number of anilines is 1. The minimum atomic E-state index is -4.53. The van der Waals surface area contributed by atoms with Crippen molar-refractivity contribution >= 4 is 33.2 Å². The van der Waals surface area contributed by atoms with Crippen molar-refractivity contribution < 1.29 is 27.7 Å². The van der Waals surface area contributed by atoms with Gasteiger partial charge >= 0.3 is 0 Å². The first-order valence-corrected chi connectivity index (χ1v) is 16.5. The number of aryl methyl sites for hydroxylation is 2. The van der Waals surface area contributed by atoms with Gasteiger partial charge in [0.25, 0.3) is 15.7 Å². The number of carbonyl (C=O) groups excluding carboxylic acids is 2. The van der Waals surface area contributed by atoms with Gasteiger partial charge in [-0.3, -0.25) is 24.0 Å². The lowest BCUT2D eigenvalue weighted by Gasteiger charge is -2.34. The zero-order chi connectivity index (χ0) is 34.1. The first kappa shape index (κ1) is 34.6. The number of nitro groups is 1. The molecular weight excluding hydrogens is 620 g/mol. The number of benzene rings is 4. The summed E-state index contributed by atoms with van der Waals surface area (Å²) in [5.41, 5.74) is 2.56. The summed E-state index contributed by atoms with van der Waals surface area (Å²) in [7, 11) is -3.06. The third-order valence-electron chi connectivity index (χ3n) is 7.83. The Balaban J connectivity index is 1.84. The van der Waals surface area contributed by atoms with E-state index in [1.807, 2.05) is 61.5 Å². The average molecular weight is 659 g/mol. The molecule has 0 aromatic heterocycles. The SMILES string of the molecule is CCNC(=O)[C@@H](Cc1ccccc1)N(Cc1ccccc1C)C(=O)CN(c1ccc(OC)cc1)S(=O)(=O)c1ccc(C)c([N+](=O)[O-])c1. The van der Waals surface area contributed by atoms with Gasteiger partial charge in [-0.2, -0.15) is 0 Å². The van der Waals surface area contributed by atoms with E-state index in [0.29, 0.717) is 12.3 Å². The number of methoxy groups -OCH3 is 1. The molecule has 0 aliphatic carbocycles. The molecule has 0 saturated carbocycles. The molecule has 12 heteroatoms. The van der Waals surface area contributed by atoms with Gasteiger partial charge < -0.3 is 15.0 Å². The van der Waals surface area contributed by atoms with Crippen molar-refractivity contribution in [2.45, 2.75) is 44.7 Å². The summed E-state index contributed by atoms with van der Waals surface area (Å²) in [6, 6.07) is 25.5. The number of carbonyl (C=O) groups is 2. The molecule has 2 amide bonds. The fraction of sp³-hybridized carbons (Fsp3) is 0.257. The van der Waals surface area contributed by atoms with Crippen LogP contribution in [0.1, 0.15) is 29.2 Å². The van der Waals surface area contributed by atoms with Crippen LogP contribution < -0.4 is 14.4 Å². The highest BCUT2D eigenvalue weighted by atomic mass is 32.2. The molecule has 246 valence electrons. The number of hydrogen-bond donors (Lipinski definition) is 1. The van der Waals surface area contributed by atoms with Gasteiger partial charge in [-0.1, -0.05) is 60.7 Å². The Hall–Kier alpha value is -5.23. The Morgan fingerprint density at radius 1 is 0.915 bits per heavy atom. The predicted molar refractivity (Wildman–Crippen MR) is 180 cm³/mol. The lowest BCUT2D eigenvalue weighted by Crippen LogP contribution is -2.53. The largest absolute Gasteiger partial charge is 0.497 e. The average Bonchev–Trinajstić information content (AvgIpc) is 3.06. The number of amides is 2. The quantitative estimate of drug-likeness (QED) is 0.145. The standard InChI is InChI=1S/C35H38N4O7S/c1-5-36-35(41)33(21-27-12-7-6-8-13-27)37(23-28-14-10-9-11-25(28)2)34(40)24-38(29-16-18-30(46-4)19-17-29)47(44,45)31-20-15-26(3)32(22-31)39(42)43/h6-20,22,33H,5,21,23-24H2,1-4H3,(H,36,41)/t33-/m1/s1. The third-order valence-corrected chi connectivity index (χ3v) is 9.60. The summed E-state index contributed by atoms with van der Waals surface area (Å²) in [6.07, 6.45) is 0.184. The van der Waals surface area contributed by atoms with Crippen molar-refractivity contribution in [2.75, 3.05) is 24.5 Å². The molecule has 4 aromatic carbocycles. The molecule has 0 bridgehead atoms. The summed E-state index contributed by atoms with van der Waals surface area (Å²) >= 11 is 0. The number of sulfonamides is 1. The number of rotatable bonds is 14. The molecule has 0 radical (unpaired) electrons. The van der Waals surface area contributed by atoms with Crippen LogP contribution >= 0.6 is 0 Å². The Kier molecular flexibility index (Phi) is 11.3. The van der Waals surface area contributed by atoms with Gasteiger partial charge in [0.15, 0.2) is 0 Å². The van der Waals surface area contributed by atoms with Crippen molar-refractivity contribution in [3.63, 3.8) is 0 Å². The lowest BCUT2D eigenvalue weighted by atomic mass is 10.0. The molecule has 0 unspecified atom stereocenters. The maximum absolute atomic E-state index is 14.5. The number of hydrogen-bond acceptors (Lipinski definition) is 7. The second-order valence-electron chi connectivity index (χ2n) is 11.0. The fourth-order valence-corrected chi connectivity index (χ4v) is 6.60. The van der Waals surface area contributed by atoms with Gasteiger partial charge in [-0.05, 0) is 67.8 Å². The summed E-state index contributed by atoms with van der Waals surface area (Å²) in [4.78, 5) is 40.3. The Bertz CT molecular complexity index is 1830. The molecule has 0 fully saturated rings. The topological polar surface area (TPSA) is 139 Å². The number of nitrogens with one attached hydrogen (secondary N) is 1. The van der Waals surface area contributed by atoms with Gasteiger partial charge in [-0.15, -0.1) is 0 Å². The van der Waals surface area contributed by atoms with Crippen LogP contribution in [0.3, 0.4) is 0 Å². The molecule has 4 aromatic rings. The van der Waals surface area contributed by atoms with Gasteiger partial charge in [0.2, 0.25) is 11.8 Å². The number of likely N-dealkylation sites (N-methyl/N-ethyl adjacent to an activating group) is 1. The van der Waals surface area contributed by atoms with E-state index in [1.54, 1.807) is 19.1 Å². The Morgan fingerprint density at radius 2 is 1.57 bits per heavy atom. The van der Waals surface area contributed by atoms with Gasteiger partial charge in [-0.25, -0.2) is 8.42 Å². The maximum atomic E-state index is 14.5. The lowest BCUT2D eigenvalue weighted by molar-refractivity contribution is -0.385. The molecule has 1 atom stereocenters. The zero-order valence-electron chi connectivity index (χ0n) is 26.8. The van der Waals surface area contributed by atoms with Crippen molar-refractivity contribution in [1.82, 2.24) is 10.2 Å². The van der Waals surface area contributed by atoms with Crippen LogP contribution in [-0.4, -0.2) is 56.3 Å². The van der Waals surface area contributed by atoms with Gasteiger partial charge in [0, 0.05) is 31.1 Å². The maximum Gasteiger partial charge on any atom is 0.273 e. The van der Waals surface area contributed by atoms with E-state index in [-0.39, 0.29) is 40.7 Å². The number of nitro benzene ring substituents is 1. The summed E-state index contributed by atoms with van der Waals surface area (Å²) in [5, 5.41) is 14.5. The molecule has 0 aliphatic rings. The van der Waals surface area contributed by atoms with E-state index < -0.39 is 33.4 Å². The monoisotopic (exact) mass is 658 g/mol. The minimum Gasteiger partial charge on any atom is -0.497 e. The van der Waals surface area contributed by atoms with E-state index >= 15 is 0 Å². The Labute approximate surface area is 275 Å². The molecule has 1 N–H and O–H groups in total. The molecular formula is C35H38N4O7S. The van der Waals surface area contributed by atoms with Crippen molar-refractivity contribution in [3.05, 3.63) is 129 Å². The van der Waals surface area contributed by atoms with Crippen molar-refractivity contribution in [2.24, 2.45) is 0 Å². The summed E-state index contributed by atoms with van der Waals surface area (Å²) in [5.74, 6) is -0.559.